The van der Waals surface area contributed by atoms with Gasteiger partial charge in [0, 0.05) is 23.3 Å². The normalized spacial score (nSPS) is 12.0. The third-order valence-corrected chi connectivity index (χ3v) is 5.15. The minimum absolute atomic E-state index is 0. The highest BCUT2D eigenvalue weighted by atomic mass is 127. The molecule has 2 N–H and O–H groups in total. The summed E-state index contributed by atoms with van der Waals surface area (Å²) in [6.07, 6.45) is -4.31. The fourth-order valence-corrected chi connectivity index (χ4v) is 3.72. The van der Waals surface area contributed by atoms with Crippen molar-refractivity contribution in [3.05, 3.63) is 27.4 Å². The molecule has 2 heterocycles. The monoisotopic (exact) mass is 518 g/mol. The number of aryl methyl sites for hydroxylation is 1. The molecule has 0 amide bonds. The minimum Gasteiger partial charge on any atom is -0.357 e. The number of hydrogen-bond acceptors (Lipinski definition) is 4. The van der Waals surface area contributed by atoms with Gasteiger partial charge in [0.1, 0.15) is 0 Å². The van der Waals surface area contributed by atoms with E-state index in [4.69, 9.17) is 0 Å². The van der Waals surface area contributed by atoms with Crippen molar-refractivity contribution in [2.45, 2.75) is 32.9 Å². The molecule has 2 rings (SSSR count). The molecule has 10 heteroatoms. The van der Waals surface area contributed by atoms with Crippen LogP contribution < -0.4 is 10.6 Å². The number of rotatable bonds is 7. The standard InChI is InChI=1S/C16H21F3N4S2.HI/c1-3-20-15(22-9-7-16(17,18)19)21-8-6-12-4-5-14(25-12)13-10-24-11(2)23-13;/h4-5,10H,3,6-9H2,1-2H3,(H2,20,21,22);1H. The van der Waals surface area contributed by atoms with Gasteiger partial charge in [-0.2, -0.15) is 13.2 Å². The second-order valence-corrected chi connectivity index (χ2v) is 7.55. The predicted molar refractivity (Wildman–Crippen MR) is 114 cm³/mol. The van der Waals surface area contributed by atoms with Crippen LogP contribution in [0.1, 0.15) is 23.2 Å². The van der Waals surface area contributed by atoms with Crippen LogP contribution in [0.2, 0.25) is 0 Å². The molecule has 0 aliphatic rings. The summed E-state index contributed by atoms with van der Waals surface area (Å²) < 4.78 is 36.6. The maximum Gasteiger partial charge on any atom is 0.390 e. The van der Waals surface area contributed by atoms with Crippen LogP contribution in [0.25, 0.3) is 10.6 Å². The smallest absolute Gasteiger partial charge is 0.357 e. The van der Waals surface area contributed by atoms with Crippen LogP contribution in [0.15, 0.2) is 22.5 Å². The third kappa shape index (κ3) is 8.21. The van der Waals surface area contributed by atoms with E-state index in [0.29, 0.717) is 19.0 Å². The fourth-order valence-electron chi connectivity index (χ4n) is 2.07. The maximum absolute atomic E-state index is 12.2. The van der Waals surface area contributed by atoms with E-state index in [0.717, 1.165) is 22.0 Å². The summed E-state index contributed by atoms with van der Waals surface area (Å²) >= 11 is 3.30. The van der Waals surface area contributed by atoms with Gasteiger partial charge in [-0.15, -0.1) is 46.7 Å². The Morgan fingerprint density at radius 3 is 2.65 bits per heavy atom. The molecule has 0 aromatic carbocycles. The minimum atomic E-state index is -4.18. The van der Waals surface area contributed by atoms with Crippen molar-refractivity contribution < 1.29 is 13.2 Å². The molecule has 0 fully saturated rings. The van der Waals surface area contributed by atoms with Gasteiger partial charge < -0.3 is 10.6 Å². The van der Waals surface area contributed by atoms with E-state index in [1.807, 2.05) is 19.2 Å². The third-order valence-electron chi connectivity index (χ3n) is 3.21. The van der Waals surface area contributed by atoms with E-state index in [-0.39, 0.29) is 30.5 Å². The lowest BCUT2D eigenvalue weighted by Gasteiger charge is -2.11. The molecule has 4 nitrogen and oxygen atoms in total. The lowest BCUT2D eigenvalue weighted by molar-refractivity contribution is -0.132. The molecule has 26 heavy (non-hydrogen) atoms. The largest absolute Gasteiger partial charge is 0.390 e. The predicted octanol–water partition coefficient (Wildman–Crippen LogP) is 4.85. The van der Waals surface area contributed by atoms with Crippen LogP contribution >= 0.6 is 46.7 Å². The molecule has 0 bridgehead atoms. The molecule has 0 unspecified atom stereocenters. The first-order valence-electron chi connectivity index (χ1n) is 7.97. The molecule has 0 saturated carbocycles. The number of thiazole rings is 1. The average Bonchev–Trinajstić information content (AvgIpc) is 3.15. The van der Waals surface area contributed by atoms with Crippen molar-refractivity contribution in [2.24, 2.45) is 4.99 Å². The molecular weight excluding hydrogens is 496 g/mol. The van der Waals surface area contributed by atoms with Crippen LogP contribution in [0.3, 0.4) is 0 Å². The van der Waals surface area contributed by atoms with Crippen molar-refractivity contribution in [3.8, 4) is 10.6 Å². The Balaban J connectivity index is 0.00000338. The Morgan fingerprint density at radius 1 is 1.27 bits per heavy atom. The van der Waals surface area contributed by atoms with Gasteiger partial charge in [-0.05, 0) is 32.4 Å². The topological polar surface area (TPSA) is 49.3 Å². The highest BCUT2D eigenvalue weighted by molar-refractivity contribution is 14.0. The molecule has 146 valence electrons. The second kappa shape index (κ2) is 11.1. The van der Waals surface area contributed by atoms with Crippen LogP contribution in [0.4, 0.5) is 13.2 Å². The molecule has 0 atom stereocenters. The van der Waals surface area contributed by atoms with Crippen LogP contribution in [0, 0.1) is 6.92 Å². The number of hydrogen-bond donors (Lipinski definition) is 2. The van der Waals surface area contributed by atoms with Crippen LogP contribution in [0.5, 0.6) is 0 Å². The first-order valence-corrected chi connectivity index (χ1v) is 9.67. The number of aliphatic imine (C=N–C) groups is 1. The van der Waals surface area contributed by atoms with Crippen molar-refractivity contribution in [1.29, 1.82) is 0 Å². The summed E-state index contributed by atoms with van der Waals surface area (Å²) in [5, 5.41) is 9.11. The van der Waals surface area contributed by atoms with Gasteiger partial charge in [0.05, 0.1) is 28.5 Å². The fraction of sp³-hybridized carbons (Fsp3) is 0.500. The Morgan fingerprint density at radius 2 is 2.04 bits per heavy atom. The second-order valence-electron chi connectivity index (χ2n) is 5.32. The average molecular weight is 518 g/mol. The van der Waals surface area contributed by atoms with Gasteiger partial charge in [0.25, 0.3) is 0 Å². The van der Waals surface area contributed by atoms with Crippen LogP contribution in [-0.2, 0) is 6.42 Å². The van der Waals surface area contributed by atoms with Gasteiger partial charge >= 0.3 is 6.18 Å². The number of aromatic nitrogens is 1. The molecule has 0 aliphatic heterocycles. The molecule has 0 saturated heterocycles. The van der Waals surface area contributed by atoms with E-state index in [2.05, 4.69) is 32.7 Å². The Kier molecular flexibility index (Phi) is 9.86. The van der Waals surface area contributed by atoms with E-state index in [9.17, 15) is 13.2 Å². The summed E-state index contributed by atoms with van der Waals surface area (Å²) in [5.74, 6) is 0.415. The van der Waals surface area contributed by atoms with E-state index >= 15 is 0 Å². The first-order chi connectivity index (χ1) is 11.9. The number of alkyl halides is 3. The zero-order chi connectivity index (χ0) is 18.3. The number of nitrogens with zero attached hydrogens (tertiary/aromatic N) is 2. The highest BCUT2D eigenvalue weighted by Gasteiger charge is 2.26. The maximum atomic E-state index is 12.2. The first kappa shape index (κ1) is 23.2. The van der Waals surface area contributed by atoms with Gasteiger partial charge in [-0.3, -0.25) is 4.99 Å². The molecule has 2 aromatic heterocycles. The number of halogens is 4. The molecule has 2 aromatic rings. The quantitative estimate of drug-likeness (QED) is 0.313. The van der Waals surface area contributed by atoms with Crippen molar-refractivity contribution in [2.75, 3.05) is 19.6 Å². The molecule has 0 aliphatic carbocycles. The number of thiophene rings is 1. The lowest BCUT2D eigenvalue weighted by atomic mass is 10.3. The summed E-state index contributed by atoms with van der Waals surface area (Å²) in [4.78, 5) is 10.8. The zero-order valence-electron chi connectivity index (χ0n) is 14.5. The summed E-state index contributed by atoms with van der Waals surface area (Å²) in [5.41, 5.74) is 0.994. The highest BCUT2D eigenvalue weighted by Crippen LogP contribution is 2.29. The summed E-state index contributed by atoms with van der Waals surface area (Å²) in [7, 11) is 0. The Labute approximate surface area is 176 Å². The number of guanidine groups is 1. The van der Waals surface area contributed by atoms with Gasteiger partial charge in [-0.25, -0.2) is 4.98 Å². The number of nitrogens with one attached hydrogen (secondary N) is 2. The van der Waals surface area contributed by atoms with Crippen LogP contribution in [-0.4, -0.2) is 36.8 Å². The van der Waals surface area contributed by atoms with Crippen molar-refractivity contribution >= 4 is 52.6 Å². The molecule has 0 radical (unpaired) electrons. The van der Waals surface area contributed by atoms with E-state index in [1.54, 1.807) is 22.7 Å². The molecule has 0 spiro atoms. The lowest BCUT2D eigenvalue weighted by Crippen LogP contribution is -2.38. The van der Waals surface area contributed by atoms with Gasteiger partial charge in [-0.1, -0.05) is 0 Å². The van der Waals surface area contributed by atoms with Gasteiger partial charge in [0.2, 0.25) is 0 Å². The van der Waals surface area contributed by atoms with E-state index in [1.165, 1.54) is 4.88 Å². The van der Waals surface area contributed by atoms with Crippen molar-refractivity contribution in [1.82, 2.24) is 15.6 Å². The zero-order valence-corrected chi connectivity index (χ0v) is 18.5. The molecular formula is C16H22F3IN4S2. The SMILES string of the molecule is CCNC(=NCCC(F)(F)F)NCCc1ccc(-c2csc(C)n2)s1.I. The summed E-state index contributed by atoms with van der Waals surface area (Å²) in [6.45, 7) is 4.79. The van der Waals surface area contributed by atoms with E-state index < -0.39 is 12.6 Å². The Bertz CT molecular complexity index is 698. The van der Waals surface area contributed by atoms with Crippen molar-refractivity contribution in [3.63, 3.8) is 0 Å². The van der Waals surface area contributed by atoms with Gasteiger partial charge in [0.15, 0.2) is 5.96 Å². The Hall–Kier alpha value is -0.880. The summed E-state index contributed by atoms with van der Waals surface area (Å²) in [6, 6.07) is 4.11.